The van der Waals surface area contributed by atoms with Crippen molar-refractivity contribution < 1.29 is 25.9 Å². The molecule has 20 heavy (non-hydrogen) atoms. The van der Waals surface area contributed by atoms with Crippen LogP contribution in [0.1, 0.15) is 90.9 Å². The number of rotatable bonds is 14. The second-order valence-corrected chi connectivity index (χ2v) is 8.42. The molecule has 126 valence electrons. The Morgan fingerprint density at radius 1 is 0.650 bits per heavy atom. The second-order valence-electron chi connectivity index (χ2n) is 5.83. The van der Waals surface area contributed by atoms with Crippen LogP contribution in [0.3, 0.4) is 0 Å². The predicted octanol–water partition coefficient (Wildman–Crippen LogP) is 5.98. The molecule has 0 fully saturated rings. The van der Waals surface area contributed by atoms with E-state index in [0.29, 0.717) is 12.3 Å². The van der Waals surface area contributed by atoms with Gasteiger partial charge in [0.1, 0.15) is 0 Å². The maximum Gasteiger partial charge on any atom is 0.200 e. The second kappa shape index (κ2) is 16.1. The molecule has 0 amide bonds. The fourth-order valence-corrected chi connectivity index (χ4v) is 4.05. The Balaban J connectivity index is 0. The molecule has 0 saturated carbocycles. The summed E-state index contributed by atoms with van der Waals surface area (Å²) in [5.74, 6) is 0. The van der Waals surface area contributed by atoms with Crippen LogP contribution in [0.15, 0.2) is 0 Å². The van der Waals surface area contributed by atoms with Gasteiger partial charge < -0.3 is 4.89 Å². The summed E-state index contributed by atoms with van der Waals surface area (Å²) in [4.78, 5) is 9.88. The van der Waals surface area contributed by atoms with Gasteiger partial charge in [0.2, 0.25) is 7.37 Å². The molecule has 1 N–H and O–H groups in total. The van der Waals surface area contributed by atoms with E-state index in [0.717, 1.165) is 25.7 Å². The number of unbranched alkanes of at least 4 members (excludes halogenated alkanes) is 10. The van der Waals surface area contributed by atoms with E-state index >= 15 is 0 Å². The van der Waals surface area contributed by atoms with Crippen molar-refractivity contribution in [3.63, 3.8) is 0 Å². The Hall–Kier alpha value is 0.684. The minimum Gasteiger partial charge on any atom is -0.344 e. The Kier molecular flexibility index (Phi) is 18.4. The van der Waals surface area contributed by atoms with E-state index in [2.05, 4.69) is 13.8 Å². The average molecular weight is 349 g/mol. The van der Waals surface area contributed by atoms with E-state index in [9.17, 15) is 9.46 Å². The fraction of sp³-hybridized carbons (Fsp3) is 1.00. The first-order chi connectivity index (χ1) is 9.12. The molecule has 0 aromatic rings. The quantitative estimate of drug-likeness (QED) is 0.238. The zero-order chi connectivity index (χ0) is 14.4. The van der Waals surface area contributed by atoms with Gasteiger partial charge in [-0.1, -0.05) is 78.1 Å². The van der Waals surface area contributed by atoms with Crippen molar-refractivity contribution in [2.45, 2.75) is 90.9 Å². The van der Waals surface area contributed by atoms with Crippen LogP contribution < -0.4 is 0 Å². The van der Waals surface area contributed by atoms with E-state index in [1.807, 2.05) is 0 Å². The number of hydrogen-bond acceptors (Lipinski definition) is 1. The molecule has 0 aliphatic heterocycles. The Bertz CT molecular complexity index is 215. The van der Waals surface area contributed by atoms with Gasteiger partial charge in [-0.2, -0.15) is 0 Å². The van der Waals surface area contributed by atoms with Gasteiger partial charge in [0.15, 0.2) is 0 Å². The fourth-order valence-electron chi connectivity index (χ4n) is 2.39. The first kappa shape index (κ1) is 23.0. The van der Waals surface area contributed by atoms with Crippen molar-refractivity contribution in [3.8, 4) is 0 Å². The molecule has 4 heteroatoms. The van der Waals surface area contributed by atoms with E-state index < -0.39 is 7.37 Å². The van der Waals surface area contributed by atoms with Gasteiger partial charge in [-0.15, -0.1) is 0 Å². The Morgan fingerprint density at radius 2 is 0.950 bits per heavy atom. The molecule has 0 heterocycles. The third kappa shape index (κ3) is 16.7. The summed E-state index contributed by atoms with van der Waals surface area (Å²) in [6, 6.07) is 0. The zero-order valence-corrected chi connectivity index (χ0v) is 15.4. The Morgan fingerprint density at radius 3 is 1.30 bits per heavy atom. The smallest absolute Gasteiger partial charge is 0.200 e. The van der Waals surface area contributed by atoms with Crippen LogP contribution in [-0.4, -0.2) is 17.2 Å². The number of hydrogen-bond donors (Lipinski definition) is 1. The van der Waals surface area contributed by atoms with Crippen LogP contribution in [-0.2, 0) is 21.1 Å². The molecule has 0 rings (SSSR count). The van der Waals surface area contributed by atoms with Gasteiger partial charge in [0, 0.05) is 28.8 Å². The summed E-state index contributed by atoms with van der Waals surface area (Å²) in [6.45, 7) is 4.42. The van der Waals surface area contributed by atoms with Crippen molar-refractivity contribution >= 4 is 7.37 Å². The normalized spacial score (nSPS) is 11.3. The van der Waals surface area contributed by atoms with Crippen LogP contribution in [0.4, 0.5) is 0 Å². The zero-order valence-electron chi connectivity index (χ0n) is 13.5. The third-order valence-electron chi connectivity index (χ3n) is 3.72. The minimum absolute atomic E-state index is 0. The van der Waals surface area contributed by atoms with Crippen molar-refractivity contribution in [1.29, 1.82) is 0 Å². The van der Waals surface area contributed by atoms with Crippen LogP contribution in [0.2, 0.25) is 0 Å². The molecule has 0 radical (unpaired) electrons. The summed E-state index contributed by atoms with van der Waals surface area (Å²) in [5, 5.41) is 0. The molecular formula is C16H35NiO2P. The summed E-state index contributed by atoms with van der Waals surface area (Å²) in [7, 11) is -2.80. The first-order valence-electron chi connectivity index (χ1n) is 8.43. The van der Waals surface area contributed by atoms with Crippen molar-refractivity contribution in [2.24, 2.45) is 0 Å². The van der Waals surface area contributed by atoms with Gasteiger partial charge in [0.25, 0.3) is 0 Å². The summed E-state index contributed by atoms with van der Waals surface area (Å²) < 4.78 is 11.9. The monoisotopic (exact) mass is 348 g/mol. The molecule has 0 aliphatic rings. The molecule has 2 nitrogen and oxygen atoms in total. The molecular weight excluding hydrogens is 314 g/mol. The largest absolute Gasteiger partial charge is 0.344 e. The van der Waals surface area contributed by atoms with Gasteiger partial charge in [0.05, 0.1) is 0 Å². The summed E-state index contributed by atoms with van der Waals surface area (Å²) in [6.07, 6.45) is 15.4. The van der Waals surface area contributed by atoms with Crippen LogP contribution in [0, 0.1) is 0 Å². The topological polar surface area (TPSA) is 37.3 Å². The molecule has 0 aliphatic carbocycles. The maximum absolute atomic E-state index is 11.9. The van der Waals surface area contributed by atoms with Crippen LogP contribution >= 0.6 is 7.37 Å². The standard InChI is InChI=1S/C16H35O2P.Ni/c1-3-5-7-9-11-13-15-19(17,18)16-14-12-10-8-6-4-2;/h3-16H2,1-2H3,(H,17,18);. The summed E-state index contributed by atoms with van der Waals surface area (Å²) in [5.41, 5.74) is 0. The molecule has 0 spiro atoms. The molecule has 0 aromatic carbocycles. The molecule has 0 unspecified atom stereocenters. The Labute approximate surface area is 136 Å². The first-order valence-corrected chi connectivity index (χ1v) is 10.5. The van der Waals surface area contributed by atoms with E-state index in [-0.39, 0.29) is 16.5 Å². The third-order valence-corrected chi connectivity index (χ3v) is 5.75. The van der Waals surface area contributed by atoms with E-state index in [1.165, 1.54) is 51.4 Å². The average Bonchev–Trinajstić information content (AvgIpc) is 2.38. The van der Waals surface area contributed by atoms with Gasteiger partial charge in [-0.05, 0) is 12.8 Å². The van der Waals surface area contributed by atoms with Crippen molar-refractivity contribution in [3.05, 3.63) is 0 Å². The molecule has 0 bridgehead atoms. The van der Waals surface area contributed by atoms with Crippen molar-refractivity contribution in [2.75, 3.05) is 12.3 Å². The maximum atomic E-state index is 11.9. The van der Waals surface area contributed by atoms with Crippen LogP contribution in [0.5, 0.6) is 0 Å². The van der Waals surface area contributed by atoms with E-state index in [1.54, 1.807) is 0 Å². The van der Waals surface area contributed by atoms with E-state index in [4.69, 9.17) is 0 Å². The predicted molar refractivity (Wildman–Crippen MR) is 86.3 cm³/mol. The minimum atomic E-state index is -2.80. The van der Waals surface area contributed by atoms with Crippen molar-refractivity contribution in [1.82, 2.24) is 0 Å². The van der Waals surface area contributed by atoms with Gasteiger partial charge in [-0.25, -0.2) is 0 Å². The summed E-state index contributed by atoms with van der Waals surface area (Å²) >= 11 is 0. The molecule has 0 saturated heterocycles. The molecule has 0 atom stereocenters. The molecule has 0 aromatic heterocycles. The van der Waals surface area contributed by atoms with Crippen LogP contribution in [0.25, 0.3) is 0 Å². The van der Waals surface area contributed by atoms with Gasteiger partial charge in [-0.3, -0.25) is 4.57 Å². The SMILES string of the molecule is CCCCCCCCP(=O)(O)CCCCCCCC.[Ni]. The van der Waals surface area contributed by atoms with Gasteiger partial charge >= 0.3 is 0 Å².